The number of hydrogen-bond acceptors (Lipinski definition) is 3. The summed E-state index contributed by atoms with van der Waals surface area (Å²) in [5.74, 6) is -1.34. The first-order valence-corrected chi connectivity index (χ1v) is 3.54. The fourth-order valence-electron chi connectivity index (χ4n) is 0.956. The molecule has 0 aliphatic carbocycles. The third-order valence-electron chi connectivity index (χ3n) is 1.62. The monoisotopic (exact) mass is 224 g/mol. The van der Waals surface area contributed by atoms with Crippen molar-refractivity contribution in [1.29, 1.82) is 0 Å². The highest BCUT2D eigenvalue weighted by atomic mass is 19.4. The Labute approximate surface area is 80.5 Å². The van der Waals surface area contributed by atoms with E-state index in [-0.39, 0.29) is 6.07 Å². The number of rotatable bonds is 1. The van der Waals surface area contributed by atoms with Crippen LogP contribution < -0.4 is 5.73 Å². The van der Waals surface area contributed by atoms with E-state index in [0.29, 0.717) is 6.07 Å². The van der Waals surface area contributed by atoms with Gasteiger partial charge in [0.15, 0.2) is 0 Å². The van der Waals surface area contributed by atoms with Crippen LogP contribution >= 0.6 is 0 Å². The maximum atomic E-state index is 12.7. The van der Waals surface area contributed by atoms with Crippen LogP contribution in [0.3, 0.4) is 0 Å². The minimum absolute atomic E-state index is 0.00741. The summed E-state index contributed by atoms with van der Waals surface area (Å²) in [5, 5.41) is 10.3. The Morgan fingerprint density at radius 3 is 2.27 bits per heavy atom. The molecule has 0 aromatic heterocycles. The molecule has 0 amide bonds. The van der Waals surface area contributed by atoms with Crippen molar-refractivity contribution in [2.75, 3.05) is 5.73 Å². The highest BCUT2D eigenvalue weighted by molar-refractivity contribution is 5.54. The molecule has 0 bridgehead atoms. The van der Waals surface area contributed by atoms with Crippen molar-refractivity contribution in [3.8, 4) is 0 Å². The van der Waals surface area contributed by atoms with Gasteiger partial charge in [-0.2, -0.15) is 13.2 Å². The van der Waals surface area contributed by atoms with Crippen molar-refractivity contribution in [1.82, 2.24) is 0 Å². The van der Waals surface area contributed by atoms with Crippen LogP contribution in [0.5, 0.6) is 0 Å². The summed E-state index contributed by atoms with van der Waals surface area (Å²) in [6.45, 7) is 0. The number of nitro benzene ring substituents is 1. The maximum Gasteiger partial charge on any atom is 0.423 e. The number of hydrogen-bond donors (Lipinski definition) is 1. The molecule has 8 heteroatoms. The molecular formula is C7H4F4N2O2. The summed E-state index contributed by atoms with van der Waals surface area (Å²) in [6.07, 6.45) is -4.99. The number of nitrogens with two attached hydrogens (primary N) is 1. The third kappa shape index (κ3) is 2.14. The lowest BCUT2D eigenvalue weighted by Crippen LogP contribution is -2.10. The van der Waals surface area contributed by atoms with Crippen molar-refractivity contribution in [2.45, 2.75) is 6.18 Å². The molecule has 0 aliphatic heterocycles. The van der Waals surface area contributed by atoms with Gasteiger partial charge in [-0.15, -0.1) is 0 Å². The Morgan fingerprint density at radius 2 is 1.87 bits per heavy atom. The van der Waals surface area contributed by atoms with Crippen molar-refractivity contribution in [3.63, 3.8) is 0 Å². The van der Waals surface area contributed by atoms with Gasteiger partial charge in [0.2, 0.25) is 0 Å². The van der Waals surface area contributed by atoms with Crippen LogP contribution in [0.25, 0.3) is 0 Å². The fraction of sp³-hybridized carbons (Fsp3) is 0.143. The lowest BCUT2D eigenvalue weighted by atomic mass is 10.1. The Morgan fingerprint density at radius 1 is 1.33 bits per heavy atom. The number of nitrogen functional groups attached to an aromatic ring is 1. The SMILES string of the molecule is Nc1cc([N+](=O)[O-])c(C(F)(F)F)cc1F. The summed E-state index contributed by atoms with van der Waals surface area (Å²) >= 11 is 0. The van der Waals surface area contributed by atoms with Gasteiger partial charge < -0.3 is 5.73 Å². The van der Waals surface area contributed by atoms with Crippen LogP contribution in [0.4, 0.5) is 28.9 Å². The Bertz CT molecular complexity index is 416. The highest BCUT2D eigenvalue weighted by Crippen LogP contribution is 2.37. The van der Waals surface area contributed by atoms with E-state index in [1.807, 2.05) is 0 Å². The smallest absolute Gasteiger partial charge is 0.396 e. The number of alkyl halides is 3. The lowest BCUT2D eigenvalue weighted by molar-refractivity contribution is -0.388. The van der Waals surface area contributed by atoms with Crippen molar-refractivity contribution in [2.24, 2.45) is 0 Å². The molecule has 82 valence electrons. The summed E-state index contributed by atoms with van der Waals surface area (Å²) in [7, 11) is 0. The first-order chi connectivity index (χ1) is 6.73. The van der Waals surface area contributed by atoms with Gasteiger partial charge in [-0.1, -0.05) is 0 Å². The molecule has 1 aromatic carbocycles. The largest absolute Gasteiger partial charge is 0.423 e. The Balaban J connectivity index is 3.49. The van der Waals surface area contributed by atoms with Gasteiger partial charge in [0.25, 0.3) is 5.69 Å². The first kappa shape index (κ1) is 11.2. The molecule has 2 N–H and O–H groups in total. The van der Waals surface area contributed by atoms with Crippen LogP contribution in [-0.2, 0) is 6.18 Å². The molecule has 1 rings (SSSR count). The fourth-order valence-corrected chi connectivity index (χ4v) is 0.956. The molecule has 0 radical (unpaired) electrons. The Kier molecular flexibility index (Phi) is 2.52. The summed E-state index contributed by atoms with van der Waals surface area (Å²) < 4.78 is 49.3. The van der Waals surface area contributed by atoms with Gasteiger partial charge in [-0.25, -0.2) is 4.39 Å². The number of halogens is 4. The van der Waals surface area contributed by atoms with E-state index in [1.54, 1.807) is 0 Å². The quantitative estimate of drug-likeness (QED) is 0.344. The molecule has 0 heterocycles. The van der Waals surface area contributed by atoms with Gasteiger partial charge in [0, 0.05) is 6.07 Å². The average molecular weight is 224 g/mol. The zero-order chi connectivity index (χ0) is 11.8. The van der Waals surface area contributed by atoms with Gasteiger partial charge in [-0.3, -0.25) is 10.1 Å². The normalized spacial score (nSPS) is 11.5. The maximum absolute atomic E-state index is 12.7. The summed E-state index contributed by atoms with van der Waals surface area (Å²) in [6, 6.07) is 0.353. The number of benzene rings is 1. The van der Waals surface area contributed by atoms with Crippen molar-refractivity contribution < 1.29 is 22.5 Å². The predicted molar refractivity (Wildman–Crippen MR) is 42.5 cm³/mol. The molecule has 1 aromatic rings. The molecule has 0 aliphatic rings. The van der Waals surface area contributed by atoms with Gasteiger partial charge >= 0.3 is 6.18 Å². The average Bonchev–Trinajstić information content (AvgIpc) is 2.06. The summed E-state index contributed by atoms with van der Waals surface area (Å²) in [5.41, 5.74) is 1.31. The van der Waals surface area contributed by atoms with Crippen LogP contribution in [0.15, 0.2) is 12.1 Å². The van der Waals surface area contributed by atoms with E-state index in [2.05, 4.69) is 0 Å². The molecule has 0 spiro atoms. The van der Waals surface area contributed by atoms with E-state index in [4.69, 9.17) is 5.73 Å². The van der Waals surface area contributed by atoms with E-state index in [0.717, 1.165) is 0 Å². The zero-order valence-electron chi connectivity index (χ0n) is 7.01. The van der Waals surface area contributed by atoms with Gasteiger partial charge in [0.05, 0.1) is 10.6 Å². The minimum Gasteiger partial charge on any atom is -0.396 e. The lowest BCUT2D eigenvalue weighted by Gasteiger charge is -2.08. The van der Waals surface area contributed by atoms with Crippen LogP contribution in [0.2, 0.25) is 0 Å². The predicted octanol–water partition coefficient (Wildman–Crippen LogP) is 2.33. The minimum atomic E-state index is -4.99. The highest BCUT2D eigenvalue weighted by Gasteiger charge is 2.39. The summed E-state index contributed by atoms with van der Waals surface area (Å²) in [4.78, 5) is 8.99. The standard InChI is InChI=1S/C7H4F4N2O2/c8-4-1-3(7(9,10)11)6(13(14)15)2-5(4)12/h1-2H,12H2. The number of nitrogens with zero attached hydrogens (tertiary/aromatic N) is 1. The van der Waals surface area contributed by atoms with E-state index >= 15 is 0 Å². The second-order valence-corrected chi connectivity index (χ2v) is 2.65. The molecular weight excluding hydrogens is 220 g/mol. The molecule has 4 nitrogen and oxygen atoms in total. The molecule has 15 heavy (non-hydrogen) atoms. The van der Waals surface area contributed by atoms with E-state index in [1.165, 1.54) is 0 Å². The van der Waals surface area contributed by atoms with Crippen LogP contribution in [0, 0.1) is 15.9 Å². The second-order valence-electron chi connectivity index (χ2n) is 2.65. The number of anilines is 1. The first-order valence-electron chi connectivity index (χ1n) is 3.54. The van der Waals surface area contributed by atoms with Gasteiger partial charge in [-0.05, 0) is 6.07 Å². The van der Waals surface area contributed by atoms with E-state index < -0.39 is 33.9 Å². The van der Waals surface area contributed by atoms with Gasteiger partial charge in [0.1, 0.15) is 11.4 Å². The number of nitro groups is 1. The van der Waals surface area contributed by atoms with Crippen molar-refractivity contribution >= 4 is 11.4 Å². The van der Waals surface area contributed by atoms with Crippen LogP contribution in [0.1, 0.15) is 5.56 Å². The topological polar surface area (TPSA) is 69.2 Å². The second kappa shape index (κ2) is 3.37. The molecule has 0 fully saturated rings. The molecule has 0 atom stereocenters. The van der Waals surface area contributed by atoms with Crippen LogP contribution in [-0.4, -0.2) is 4.92 Å². The molecule has 0 unspecified atom stereocenters. The van der Waals surface area contributed by atoms with Crippen molar-refractivity contribution in [3.05, 3.63) is 33.6 Å². The van der Waals surface area contributed by atoms with E-state index in [9.17, 15) is 27.7 Å². The molecule has 0 saturated carbocycles. The molecule has 0 saturated heterocycles. The Hall–Kier alpha value is -1.86. The zero-order valence-corrected chi connectivity index (χ0v) is 7.01. The third-order valence-corrected chi connectivity index (χ3v) is 1.62.